The zero-order valence-corrected chi connectivity index (χ0v) is 22.9. The Morgan fingerprint density at radius 1 is 1.27 bits per heavy atom. The van der Waals surface area contributed by atoms with E-state index in [2.05, 4.69) is 15.4 Å². The van der Waals surface area contributed by atoms with Crippen molar-refractivity contribution < 1.29 is 36.9 Å². The minimum absolute atomic E-state index is 0.0441. The number of aliphatic hydroxyl groups excluding tert-OH is 1. The lowest BCUT2D eigenvalue weighted by atomic mass is 9.89. The van der Waals surface area contributed by atoms with Crippen LogP contribution in [0.3, 0.4) is 0 Å². The molecule has 218 valence electrons. The molecule has 0 aliphatic carbocycles. The summed E-state index contributed by atoms with van der Waals surface area (Å²) < 4.78 is 73.8. The molecule has 3 heterocycles. The standard InChI is InChI=1S/C26H23Cl2F4N5O4/c1-11-35-25(37(36-11)18-5-13(27)3-4-15(18)26(30,31)32)24-22(38)21(23-20(41-24)10-40-23)34-9-12(8-33)14-6-17(29)16(28)7-19(14)39-2/h3-9,20-24,33-34,38H,10H2,1-2H3/b12-9+,33-8?. The number of aryl methyl sites for hydroxylation is 1. The van der Waals surface area contributed by atoms with Crippen molar-refractivity contribution in [3.63, 3.8) is 0 Å². The third-order valence-electron chi connectivity index (χ3n) is 6.80. The molecule has 2 aromatic carbocycles. The molecule has 41 heavy (non-hydrogen) atoms. The van der Waals surface area contributed by atoms with E-state index in [4.69, 9.17) is 42.8 Å². The summed E-state index contributed by atoms with van der Waals surface area (Å²) in [5, 5.41) is 26.3. The van der Waals surface area contributed by atoms with Crippen molar-refractivity contribution >= 4 is 35.0 Å². The summed E-state index contributed by atoms with van der Waals surface area (Å²) >= 11 is 11.9. The van der Waals surface area contributed by atoms with Gasteiger partial charge in [-0.05, 0) is 31.2 Å². The number of hydrogen-bond donors (Lipinski definition) is 3. The normalized spacial score (nSPS) is 24.4. The number of nitrogens with zero attached hydrogens (tertiary/aromatic N) is 3. The van der Waals surface area contributed by atoms with Gasteiger partial charge in [0.1, 0.15) is 41.8 Å². The average Bonchev–Trinajstić information content (AvgIpc) is 3.29. The summed E-state index contributed by atoms with van der Waals surface area (Å²) in [5.41, 5.74) is -0.968. The molecule has 15 heteroatoms. The highest BCUT2D eigenvalue weighted by Crippen LogP contribution is 2.40. The molecule has 3 N–H and O–H groups in total. The van der Waals surface area contributed by atoms with Crippen LogP contribution in [0, 0.1) is 18.2 Å². The maximum absolute atomic E-state index is 14.2. The second-order valence-electron chi connectivity index (χ2n) is 9.37. The van der Waals surface area contributed by atoms with Crippen LogP contribution in [0.4, 0.5) is 17.6 Å². The van der Waals surface area contributed by atoms with Gasteiger partial charge in [0.25, 0.3) is 0 Å². The lowest BCUT2D eigenvalue weighted by Crippen LogP contribution is -2.66. The quantitative estimate of drug-likeness (QED) is 0.256. The lowest BCUT2D eigenvalue weighted by Gasteiger charge is -2.50. The molecule has 0 radical (unpaired) electrons. The lowest BCUT2D eigenvalue weighted by molar-refractivity contribution is -0.277. The van der Waals surface area contributed by atoms with Gasteiger partial charge in [0.15, 0.2) is 5.82 Å². The number of hydrogen-bond acceptors (Lipinski definition) is 8. The maximum Gasteiger partial charge on any atom is 0.418 e. The van der Waals surface area contributed by atoms with Crippen LogP contribution in [-0.4, -0.2) is 64.2 Å². The van der Waals surface area contributed by atoms with Crippen LogP contribution in [0.2, 0.25) is 10.0 Å². The minimum Gasteiger partial charge on any atom is -0.496 e. The molecule has 5 unspecified atom stereocenters. The Bertz CT molecular complexity index is 1520. The van der Waals surface area contributed by atoms with Gasteiger partial charge in [0.2, 0.25) is 0 Å². The number of allylic oxidation sites excluding steroid dienone is 1. The number of benzene rings is 2. The highest BCUT2D eigenvalue weighted by atomic mass is 35.5. The van der Waals surface area contributed by atoms with Crippen molar-refractivity contribution in [2.45, 2.75) is 43.6 Å². The molecule has 1 aromatic heterocycles. The summed E-state index contributed by atoms with van der Waals surface area (Å²) in [6, 6.07) is 4.59. The predicted molar refractivity (Wildman–Crippen MR) is 141 cm³/mol. The molecule has 2 aliphatic rings. The van der Waals surface area contributed by atoms with E-state index in [0.717, 1.165) is 35.2 Å². The van der Waals surface area contributed by atoms with Gasteiger partial charge in [-0.15, -0.1) is 0 Å². The van der Waals surface area contributed by atoms with Crippen molar-refractivity contribution in [3.8, 4) is 11.4 Å². The van der Waals surface area contributed by atoms with Gasteiger partial charge < -0.3 is 30.0 Å². The first-order valence-electron chi connectivity index (χ1n) is 12.2. The number of ether oxygens (including phenoxy) is 3. The van der Waals surface area contributed by atoms with Gasteiger partial charge in [0, 0.05) is 34.6 Å². The second-order valence-corrected chi connectivity index (χ2v) is 10.2. The largest absolute Gasteiger partial charge is 0.496 e. The third-order valence-corrected chi connectivity index (χ3v) is 7.32. The zero-order chi connectivity index (χ0) is 29.6. The Hall–Kier alpha value is -3.23. The van der Waals surface area contributed by atoms with Crippen LogP contribution in [0.1, 0.15) is 28.9 Å². The van der Waals surface area contributed by atoms with E-state index in [1.54, 1.807) is 0 Å². The van der Waals surface area contributed by atoms with Gasteiger partial charge in [-0.1, -0.05) is 23.2 Å². The fourth-order valence-electron chi connectivity index (χ4n) is 4.81. The van der Waals surface area contributed by atoms with Gasteiger partial charge in [-0.2, -0.15) is 18.3 Å². The smallest absolute Gasteiger partial charge is 0.418 e. The van der Waals surface area contributed by atoms with Gasteiger partial charge in [-0.25, -0.2) is 14.1 Å². The molecule has 0 amide bonds. The first kappa shape index (κ1) is 29.3. The highest BCUT2D eigenvalue weighted by Gasteiger charge is 2.52. The molecule has 3 aromatic rings. The molecular formula is C26H23Cl2F4N5O4. The summed E-state index contributed by atoms with van der Waals surface area (Å²) in [6.45, 7) is 1.66. The molecule has 2 fully saturated rings. The highest BCUT2D eigenvalue weighted by molar-refractivity contribution is 6.31. The molecule has 2 saturated heterocycles. The Morgan fingerprint density at radius 3 is 2.66 bits per heavy atom. The number of nitrogens with one attached hydrogen (secondary N) is 2. The predicted octanol–water partition coefficient (Wildman–Crippen LogP) is 4.90. The summed E-state index contributed by atoms with van der Waals surface area (Å²) in [6.07, 6.45) is -6.19. The molecule has 0 spiro atoms. The summed E-state index contributed by atoms with van der Waals surface area (Å²) in [5.74, 6) is -0.444. The number of aliphatic hydroxyl groups is 1. The Balaban J connectivity index is 1.51. The minimum atomic E-state index is -4.73. The Kier molecular flexibility index (Phi) is 8.01. The summed E-state index contributed by atoms with van der Waals surface area (Å²) in [7, 11) is 1.37. The van der Waals surface area contributed by atoms with Gasteiger partial charge in [-0.3, -0.25) is 0 Å². The van der Waals surface area contributed by atoms with E-state index in [0.29, 0.717) is 0 Å². The van der Waals surface area contributed by atoms with E-state index in [1.165, 1.54) is 26.3 Å². The number of fused-ring (bicyclic) bond motifs is 1. The number of alkyl halides is 3. The topological polar surface area (TPSA) is 115 Å². The second kappa shape index (κ2) is 11.2. The Morgan fingerprint density at radius 2 is 2.02 bits per heavy atom. The van der Waals surface area contributed by atoms with Crippen molar-refractivity contribution in [2.24, 2.45) is 0 Å². The van der Waals surface area contributed by atoms with E-state index in [9.17, 15) is 22.7 Å². The molecule has 9 nitrogen and oxygen atoms in total. The number of halogens is 6. The van der Waals surface area contributed by atoms with Crippen molar-refractivity contribution in [1.82, 2.24) is 20.1 Å². The zero-order valence-electron chi connectivity index (χ0n) is 21.4. The van der Waals surface area contributed by atoms with Crippen molar-refractivity contribution in [3.05, 3.63) is 75.2 Å². The van der Waals surface area contributed by atoms with E-state index < -0.39 is 48.0 Å². The van der Waals surface area contributed by atoms with Crippen LogP contribution in [0.15, 0.2) is 36.5 Å². The van der Waals surface area contributed by atoms with E-state index in [1.807, 2.05) is 0 Å². The third kappa shape index (κ3) is 5.52. The average molecular weight is 616 g/mol. The molecule has 5 rings (SSSR count). The van der Waals surface area contributed by atoms with E-state index >= 15 is 0 Å². The van der Waals surface area contributed by atoms with Crippen molar-refractivity contribution in [2.75, 3.05) is 13.7 Å². The fraction of sp³-hybridized carbons (Fsp3) is 0.346. The van der Waals surface area contributed by atoms with Crippen LogP contribution in [0.25, 0.3) is 11.3 Å². The van der Waals surface area contributed by atoms with Crippen LogP contribution in [0.5, 0.6) is 5.75 Å². The van der Waals surface area contributed by atoms with Crippen molar-refractivity contribution in [1.29, 1.82) is 5.41 Å². The molecule has 0 saturated carbocycles. The maximum atomic E-state index is 14.2. The van der Waals surface area contributed by atoms with Crippen LogP contribution >= 0.6 is 23.2 Å². The molecule has 0 bridgehead atoms. The van der Waals surface area contributed by atoms with E-state index in [-0.39, 0.29) is 50.9 Å². The SMILES string of the molecule is COc1cc(Cl)c(F)cc1/C(C=N)=C/NC1C(O)C(c2nc(C)nn2-c2cc(Cl)ccc2C(F)(F)F)OC2COC21. The number of rotatable bonds is 7. The molecule has 5 atom stereocenters. The van der Waals surface area contributed by atoms with Crippen LogP contribution in [-0.2, 0) is 15.7 Å². The first-order valence-corrected chi connectivity index (χ1v) is 12.9. The summed E-state index contributed by atoms with van der Waals surface area (Å²) in [4.78, 5) is 4.30. The van der Waals surface area contributed by atoms with Gasteiger partial charge >= 0.3 is 6.18 Å². The number of methoxy groups -OCH3 is 1. The first-order chi connectivity index (χ1) is 19.4. The van der Waals surface area contributed by atoms with Crippen LogP contribution < -0.4 is 10.1 Å². The fourth-order valence-corrected chi connectivity index (χ4v) is 5.13. The molecular weight excluding hydrogens is 593 g/mol. The van der Waals surface area contributed by atoms with Gasteiger partial charge in [0.05, 0.1) is 36.0 Å². The number of aromatic nitrogens is 3. The Labute approximate surface area is 241 Å². The monoisotopic (exact) mass is 615 g/mol. The molecule has 2 aliphatic heterocycles.